The molecule has 5 rings (SSSR count). The predicted molar refractivity (Wildman–Crippen MR) is 141 cm³/mol. The van der Waals surface area contributed by atoms with Crippen molar-refractivity contribution in [1.82, 2.24) is 25.5 Å². The molecule has 0 saturated heterocycles. The normalized spacial score (nSPS) is 19.0. The van der Waals surface area contributed by atoms with Gasteiger partial charge in [0.2, 0.25) is 5.91 Å². The van der Waals surface area contributed by atoms with Gasteiger partial charge in [0.05, 0.1) is 11.6 Å². The first-order valence-corrected chi connectivity index (χ1v) is 12.8. The Morgan fingerprint density at radius 3 is 2.66 bits per heavy atom. The van der Waals surface area contributed by atoms with Crippen LogP contribution in [-0.2, 0) is 11.2 Å². The van der Waals surface area contributed by atoms with Crippen molar-refractivity contribution in [3.8, 4) is 11.3 Å². The highest BCUT2D eigenvalue weighted by Crippen LogP contribution is 2.33. The fraction of sp³-hybridized carbons (Fsp3) is 0.346. The maximum absolute atomic E-state index is 13.3. The van der Waals surface area contributed by atoms with E-state index in [0.29, 0.717) is 30.5 Å². The first-order valence-electron chi connectivity index (χ1n) is 12.1. The van der Waals surface area contributed by atoms with Crippen LogP contribution in [0.1, 0.15) is 43.1 Å². The van der Waals surface area contributed by atoms with Crippen LogP contribution in [-0.4, -0.2) is 32.6 Å². The first-order chi connectivity index (χ1) is 17.0. The van der Waals surface area contributed by atoms with Crippen molar-refractivity contribution >= 4 is 38.6 Å². The number of nitrogens with one attached hydrogen (secondary N) is 3. The molecule has 35 heavy (non-hydrogen) atoms. The lowest BCUT2D eigenvalue weighted by molar-refractivity contribution is -0.127. The summed E-state index contributed by atoms with van der Waals surface area (Å²) in [5, 5.41) is 11.2. The highest BCUT2D eigenvalue weighted by atomic mass is 79.9. The largest absolute Gasteiger partial charge is 0.382 e. The summed E-state index contributed by atoms with van der Waals surface area (Å²) in [5.41, 5.74) is 15.4. The minimum atomic E-state index is -0.284. The lowest BCUT2D eigenvalue weighted by Gasteiger charge is -2.28. The molecule has 2 heterocycles. The zero-order valence-corrected chi connectivity index (χ0v) is 21.0. The van der Waals surface area contributed by atoms with Crippen molar-refractivity contribution in [2.75, 3.05) is 12.3 Å². The molecule has 0 unspecified atom stereocenters. The molecule has 4 aromatic rings. The van der Waals surface area contributed by atoms with Gasteiger partial charge in [0, 0.05) is 16.9 Å². The number of halogens is 1. The van der Waals surface area contributed by atoms with Gasteiger partial charge in [-0.25, -0.2) is 4.98 Å². The minimum absolute atomic E-state index is 0.0159. The Kier molecular flexibility index (Phi) is 6.88. The van der Waals surface area contributed by atoms with E-state index in [9.17, 15) is 4.79 Å². The number of nitrogen functional groups attached to an aromatic ring is 1. The van der Waals surface area contributed by atoms with E-state index >= 15 is 0 Å². The molecule has 1 aliphatic carbocycles. The molecule has 1 saturated carbocycles. The SMILES string of the molecule is NC[C@H]1CC[C@H](C(=O)N[C@@H](Cc2ccccc2)c2nc(-c3ccc4c(N)n[nH]c4c3)c(Br)[nH]2)CC1. The van der Waals surface area contributed by atoms with E-state index in [2.05, 4.69) is 48.6 Å². The van der Waals surface area contributed by atoms with Crippen molar-refractivity contribution in [1.29, 1.82) is 0 Å². The van der Waals surface area contributed by atoms with Crippen molar-refractivity contribution in [3.05, 3.63) is 64.5 Å². The molecular weight excluding hydrogens is 506 g/mol. The fourth-order valence-electron chi connectivity index (χ4n) is 4.93. The van der Waals surface area contributed by atoms with Crippen molar-refractivity contribution in [2.45, 2.75) is 38.1 Å². The number of H-pyrrole nitrogens is 2. The quantitative estimate of drug-likeness (QED) is 0.237. The fourth-order valence-corrected chi connectivity index (χ4v) is 5.45. The van der Waals surface area contributed by atoms with Crippen molar-refractivity contribution in [3.63, 3.8) is 0 Å². The van der Waals surface area contributed by atoms with Crippen LogP contribution in [0.25, 0.3) is 22.2 Å². The smallest absolute Gasteiger partial charge is 0.223 e. The summed E-state index contributed by atoms with van der Waals surface area (Å²) in [6.45, 7) is 0.700. The third kappa shape index (κ3) is 5.11. The number of hydrogen-bond acceptors (Lipinski definition) is 5. The average Bonchev–Trinajstić information content (AvgIpc) is 3.46. The maximum Gasteiger partial charge on any atom is 0.223 e. The molecule has 0 spiro atoms. The molecule has 0 radical (unpaired) electrons. The van der Waals surface area contributed by atoms with E-state index in [1.165, 1.54) is 0 Å². The van der Waals surface area contributed by atoms with E-state index in [-0.39, 0.29) is 17.9 Å². The average molecular weight is 536 g/mol. The number of fused-ring (bicyclic) bond motifs is 1. The van der Waals surface area contributed by atoms with Crippen molar-refractivity contribution in [2.24, 2.45) is 17.6 Å². The summed E-state index contributed by atoms with van der Waals surface area (Å²) in [6.07, 6.45) is 4.42. The summed E-state index contributed by atoms with van der Waals surface area (Å²) in [5.74, 6) is 1.82. The number of anilines is 1. The number of imidazole rings is 1. The molecule has 1 aliphatic rings. The number of rotatable bonds is 7. The lowest BCUT2D eigenvalue weighted by Crippen LogP contribution is -2.37. The number of nitrogens with zero attached hydrogens (tertiary/aromatic N) is 2. The zero-order chi connectivity index (χ0) is 24.4. The van der Waals surface area contributed by atoms with E-state index in [1.807, 2.05) is 36.4 Å². The summed E-state index contributed by atoms with van der Waals surface area (Å²) < 4.78 is 0.759. The van der Waals surface area contributed by atoms with E-state index < -0.39 is 0 Å². The summed E-state index contributed by atoms with van der Waals surface area (Å²) >= 11 is 3.64. The second kappa shape index (κ2) is 10.2. The van der Waals surface area contributed by atoms with Gasteiger partial charge in [-0.2, -0.15) is 5.10 Å². The van der Waals surface area contributed by atoms with Gasteiger partial charge >= 0.3 is 0 Å². The lowest BCUT2D eigenvalue weighted by atomic mass is 9.81. The third-order valence-corrected chi connectivity index (χ3v) is 7.60. The maximum atomic E-state index is 13.3. The number of aromatic nitrogens is 4. The van der Waals surface area contributed by atoms with Crippen LogP contribution >= 0.6 is 15.9 Å². The predicted octanol–water partition coefficient (Wildman–Crippen LogP) is 4.46. The van der Waals surface area contributed by atoms with Gasteiger partial charge in [-0.1, -0.05) is 36.4 Å². The highest BCUT2D eigenvalue weighted by molar-refractivity contribution is 9.10. The van der Waals surface area contributed by atoms with E-state index in [0.717, 1.165) is 58.0 Å². The molecule has 8 nitrogen and oxygen atoms in total. The number of aromatic amines is 2. The summed E-state index contributed by atoms with van der Waals surface area (Å²) in [4.78, 5) is 21.5. The Morgan fingerprint density at radius 1 is 1.14 bits per heavy atom. The zero-order valence-electron chi connectivity index (χ0n) is 19.4. The Balaban J connectivity index is 1.41. The van der Waals surface area contributed by atoms with E-state index in [4.69, 9.17) is 16.5 Å². The molecule has 2 aromatic heterocycles. The molecule has 1 fully saturated rings. The minimum Gasteiger partial charge on any atom is -0.382 e. The van der Waals surface area contributed by atoms with Crippen LogP contribution < -0.4 is 16.8 Å². The molecule has 0 bridgehead atoms. The molecular formula is C26H30BrN7O. The molecule has 182 valence electrons. The molecule has 9 heteroatoms. The monoisotopic (exact) mass is 535 g/mol. The van der Waals surface area contributed by atoms with Gasteiger partial charge < -0.3 is 21.8 Å². The van der Waals surface area contributed by atoms with E-state index in [1.54, 1.807) is 0 Å². The Bertz CT molecular complexity index is 1310. The van der Waals surface area contributed by atoms with Crippen LogP contribution in [0.3, 0.4) is 0 Å². The van der Waals surface area contributed by atoms with Crippen LogP contribution in [0, 0.1) is 11.8 Å². The Labute approximate surface area is 212 Å². The molecule has 1 amide bonds. The van der Waals surface area contributed by atoms with Crippen LogP contribution in [0.15, 0.2) is 53.1 Å². The number of benzene rings is 2. The molecule has 1 atom stereocenters. The van der Waals surface area contributed by atoms with Gasteiger partial charge in [-0.3, -0.25) is 9.89 Å². The molecule has 0 aliphatic heterocycles. The highest BCUT2D eigenvalue weighted by Gasteiger charge is 2.29. The Hall–Kier alpha value is -3.17. The van der Waals surface area contributed by atoms with Crippen LogP contribution in [0.5, 0.6) is 0 Å². The van der Waals surface area contributed by atoms with Gasteiger partial charge in [0.1, 0.15) is 16.1 Å². The van der Waals surface area contributed by atoms with Crippen molar-refractivity contribution < 1.29 is 4.79 Å². The number of amides is 1. The number of carbonyl (C=O) groups is 1. The van der Waals surface area contributed by atoms with Crippen LogP contribution in [0.4, 0.5) is 5.82 Å². The van der Waals surface area contributed by atoms with Gasteiger partial charge in [0.15, 0.2) is 5.82 Å². The van der Waals surface area contributed by atoms with Gasteiger partial charge in [-0.15, -0.1) is 0 Å². The summed E-state index contributed by atoms with van der Waals surface area (Å²) in [7, 11) is 0. The number of carbonyl (C=O) groups excluding carboxylic acids is 1. The van der Waals surface area contributed by atoms with Gasteiger partial charge in [0.25, 0.3) is 0 Å². The summed E-state index contributed by atoms with van der Waals surface area (Å²) in [6, 6.07) is 15.8. The molecule has 2 aromatic carbocycles. The van der Waals surface area contributed by atoms with Crippen LogP contribution in [0.2, 0.25) is 0 Å². The second-order valence-electron chi connectivity index (χ2n) is 9.36. The molecule has 7 N–H and O–H groups in total. The standard InChI is InChI=1S/C26H30BrN7O/c27-23-22(18-10-11-19-20(13-18)33-34-24(19)29)31-25(32-23)21(12-15-4-2-1-3-5-15)30-26(35)17-8-6-16(14-28)7-9-17/h1-5,10-11,13,16-17,21H,6-9,12,14,28H2,(H,30,35)(H,31,32)(H3,29,33,34)/t16-,17-,21-/m0/s1. The number of hydrogen-bond donors (Lipinski definition) is 5. The third-order valence-electron chi connectivity index (χ3n) is 7.02. The topological polar surface area (TPSA) is 138 Å². The van der Waals surface area contributed by atoms with Gasteiger partial charge in [-0.05, 0) is 78.2 Å². The second-order valence-corrected chi connectivity index (χ2v) is 10.2. The number of nitrogens with two attached hydrogens (primary N) is 2. The Morgan fingerprint density at radius 2 is 1.91 bits per heavy atom. The first kappa shape index (κ1) is 23.6.